The van der Waals surface area contributed by atoms with Gasteiger partial charge in [0.1, 0.15) is 11.6 Å². The van der Waals surface area contributed by atoms with Crippen LogP contribution >= 0.6 is 0 Å². The van der Waals surface area contributed by atoms with Crippen LogP contribution in [0.3, 0.4) is 0 Å². The molecular weight excluding hydrogens is 266 g/mol. The molecule has 0 spiro atoms. The van der Waals surface area contributed by atoms with Crippen LogP contribution in [0.15, 0.2) is 36.4 Å². The fourth-order valence-corrected chi connectivity index (χ4v) is 3.33. The first-order chi connectivity index (χ1) is 10.2. The van der Waals surface area contributed by atoms with Gasteiger partial charge in [-0.05, 0) is 59.9 Å². The Morgan fingerprint density at radius 3 is 2.57 bits per heavy atom. The zero-order chi connectivity index (χ0) is 14.8. The molecule has 0 saturated heterocycles. The molecule has 1 aliphatic rings. The van der Waals surface area contributed by atoms with E-state index in [9.17, 15) is 8.78 Å². The lowest BCUT2D eigenvalue weighted by Gasteiger charge is -2.25. The second-order valence-corrected chi connectivity index (χ2v) is 5.96. The summed E-state index contributed by atoms with van der Waals surface area (Å²) in [5.41, 5.74) is 4.18. The van der Waals surface area contributed by atoms with Crippen molar-refractivity contribution in [2.75, 3.05) is 0 Å². The summed E-state index contributed by atoms with van der Waals surface area (Å²) >= 11 is 0. The first kappa shape index (κ1) is 14.2. The third-order valence-corrected chi connectivity index (χ3v) is 4.45. The van der Waals surface area contributed by atoms with Gasteiger partial charge < -0.3 is 0 Å². The predicted molar refractivity (Wildman–Crippen MR) is 81.6 cm³/mol. The van der Waals surface area contributed by atoms with E-state index in [1.807, 2.05) is 0 Å². The second kappa shape index (κ2) is 5.97. The van der Waals surface area contributed by atoms with Crippen LogP contribution in [0.5, 0.6) is 0 Å². The van der Waals surface area contributed by atoms with Crippen LogP contribution in [-0.2, 0) is 19.3 Å². The monoisotopic (exact) mass is 286 g/mol. The molecule has 0 bridgehead atoms. The summed E-state index contributed by atoms with van der Waals surface area (Å²) in [4.78, 5) is 0. The average molecular weight is 286 g/mol. The van der Waals surface area contributed by atoms with Crippen LogP contribution in [0.4, 0.5) is 8.78 Å². The normalized spacial score (nSPS) is 17.6. The van der Waals surface area contributed by atoms with Crippen LogP contribution in [0.25, 0.3) is 0 Å². The maximum Gasteiger partial charge on any atom is 0.129 e. The lowest BCUT2D eigenvalue weighted by Crippen LogP contribution is -2.14. The van der Waals surface area contributed by atoms with Gasteiger partial charge in [0.05, 0.1) is 0 Å². The first-order valence-electron chi connectivity index (χ1n) is 7.73. The van der Waals surface area contributed by atoms with Crippen molar-refractivity contribution >= 4 is 0 Å². The molecule has 2 aromatic carbocycles. The summed E-state index contributed by atoms with van der Waals surface area (Å²) < 4.78 is 27.1. The molecule has 21 heavy (non-hydrogen) atoms. The van der Waals surface area contributed by atoms with Gasteiger partial charge in [-0.15, -0.1) is 0 Å². The van der Waals surface area contributed by atoms with Crippen molar-refractivity contribution in [1.82, 2.24) is 0 Å². The van der Waals surface area contributed by atoms with Crippen LogP contribution in [0.1, 0.15) is 47.9 Å². The average Bonchev–Trinajstić information content (AvgIpc) is 2.47. The zero-order valence-electron chi connectivity index (χ0n) is 12.3. The molecule has 0 radical (unpaired) electrons. The van der Waals surface area contributed by atoms with E-state index in [1.165, 1.54) is 17.2 Å². The van der Waals surface area contributed by atoms with E-state index in [1.54, 1.807) is 0 Å². The van der Waals surface area contributed by atoms with Crippen LogP contribution < -0.4 is 0 Å². The molecule has 0 saturated carbocycles. The molecule has 0 amide bonds. The molecule has 110 valence electrons. The smallest absolute Gasteiger partial charge is 0.129 e. The Morgan fingerprint density at radius 2 is 1.86 bits per heavy atom. The van der Waals surface area contributed by atoms with E-state index in [-0.39, 0.29) is 5.82 Å². The number of rotatable bonds is 3. The Bertz CT molecular complexity index is 629. The Kier molecular flexibility index (Phi) is 4.05. The minimum Gasteiger partial charge on any atom is -0.207 e. The fourth-order valence-electron chi connectivity index (χ4n) is 3.33. The third-order valence-electron chi connectivity index (χ3n) is 4.45. The largest absolute Gasteiger partial charge is 0.207 e. The van der Waals surface area contributed by atoms with E-state index in [0.717, 1.165) is 37.3 Å². The SMILES string of the molecule is CCCc1ccc(C2CCc3c(F)cc(F)cc3C2)cc1. The van der Waals surface area contributed by atoms with Crippen molar-refractivity contribution < 1.29 is 8.78 Å². The summed E-state index contributed by atoms with van der Waals surface area (Å²) in [7, 11) is 0. The molecule has 1 atom stereocenters. The fraction of sp³-hybridized carbons (Fsp3) is 0.368. The molecule has 0 N–H and O–H groups in total. The number of fused-ring (bicyclic) bond motifs is 1. The highest BCUT2D eigenvalue weighted by molar-refractivity contribution is 5.36. The van der Waals surface area contributed by atoms with Gasteiger partial charge in [-0.1, -0.05) is 37.6 Å². The minimum atomic E-state index is -0.467. The number of halogens is 2. The van der Waals surface area contributed by atoms with E-state index >= 15 is 0 Å². The van der Waals surface area contributed by atoms with E-state index in [0.29, 0.717) is 17.9 Å². The number of hydrogen-bond acceptors (Lipinski definition) is 0. The molecule has 3 rings (SSSR count). The molecule has 2 heteroatoms. The summed E-state index contributed by atoms with van der Waals surface area (Å²) in [5, 5.41) is 0. The topological polar surface area (TPSA) is 0 Å². The van der Waals surface area contributed by atoms with Crippen molar-refractivity contribution in [2.45, 2.75) is 44.9 Å². The van der Waals surface area contributed by atoms with E-state index in [2.05, 4.69) is 31.2 Å². The summed E-state index contributed by atoms with van der Waals surface area (Å²) in [6.45, 7) is 2.18. The maximum absolute atomic E-state index is 13.8. The van der Waals surface area contributed by atoms with E-state index in [4.69, 9.17) is 0 Å². The molecule has 2 aromatic rings. The predicted octanol–water partition coefficient (Wildman–Crippen LogP) is 5.19. The lowest BCUT2D eigenvalue weighted by atomic mass is 9.80. The van der Waals surface area contributed by atoms with Gasteiger partial charge in [0, 0.05) is 6.07 Å². The van der Waals surface area contributed by atoms with Gasteiger partial charge in [-0.2, -0.15) is 0 Å². The number of benzene rings is 2. The Balaban J connectivity index is 1.82. The number of aryl methyl sites for hydroxylation is 1. The Morgan fingerprint density at radius 1 is 1.10 bits per heavy atom. The first-order valence-corrected chi connectivity index (χ1v) is 7.73. The maximum atomic E-state index is 13.8. The minimum absolute atomic E-state index is 0.370. The van der Waals surface area contributed by atoms with Crippen LogP contribution in [-0.4, -0.2) is 0 Å². The molecule has 0 aliphatic heterocycles. The molecular formula is C19H20F2. The Hall–Kier alpha value is -1.70. The van der Waals surface area contributed by atoms with Crippen molar-refractivity contribution in [3.05, 3.63) is 70.3 Å². The Labute approximate surface area is 124 Å². The van der Waals surface area contributed by atoms with Gasteiger partial charge >= 0.3 is 0 Å². The quantitative estimate of drug-likeness (QED) is 0.728. The molecule has 0 fully saturated rings. The standard InChI is InChI=1S/C19H20F2/c1-2-3-13-4-6-14(7-5-13)15-8-9-18-16(10-15)11-17(20)12-19(18)21/h4-7,11-12,15H,2-3,8-10H2,1H3. The molecule has 0 nitrogen and oxygen atoms in total. The summed E-state index contributed by atoms with van der Waals surface area (Å²) in [6.07, 6.45) is 4.61. The van der Waals surface area contributed by atoms with Crippen LogP contribution in [0, 0.1) is 11.6 Å². The highest BCUT2D eigenvalue weighted by Gasteiger charge is 2.23. The van der Waals surface area contributed by atoms with Gasteiger partial charge in [0.25, 0.3) is 0 Å². The zero-order valence-corrected chi connectivity index (χ0v) is 12.3. The van der Waals surface area contributed by atoms with Gasteiger partial charge in [-0.3, -0.25) is 0 Å². The molecule has 0 aromatic heterocycles. The highest BCUT2D eigenvalue weighted by atomic mass is 19.1. The highest BCUT2D eigenvalue weighted by Crippen LogP contribution is 2.34. The van der Waals surface area contributed by atoms with Crippen LogP contribution in [0.2, 0.25) is 0 Å². The molecule has 0 heterocycles. The lowest BCUT2D eigenvalue weighted by molar-refractivity contribution is 0.523. The van der Waals surface area contributed by atoms with Crippen molar-refractivity contribution in [1.29, 1.82) is 0 Å². The summed E-state index contributed by atoms with van der Waals surface area (Å²) in [6, 6.07) is 11.2. The van der Waals surface area contributed by atoms with Crippen molar-refractivity contribution in [2.24, 2.45) is 0 Å². The van der Waals surface area contributed by atoms with Gasteiger partial charge in [-0.25, -0.2) is 8.78 Å². The molecule has 1 aliphatic carbocycles. The number of hydrogen-bond donors (Lipinski definition) is 0. The second-order valence-electron chi connectivity index (χ2n) is 5.96. The van der Waals surface area contributed by atoms with Gasteiger partial charge in [0.15, 0.2) is 0 Å². The van der Waals surface area contributed by atoms with Crippen molar-refractivity contribution in [3.8, 4) is 0 Å². The summed E-state index contributed by atoms with van der Waals surface area (Å²) in [5.74, 6) is -0.485. The van der Waals surface area contributed by atoms with Crippen molar-refractivity contribution in [3.63, 3.8) is 0 Å². The third kappa shape index (κ3) is 2.99. The van der Waals surface area contributed by atoms with Gasteiger partial charge in [0.2, 0.25) is 0 Å². The van der Waals surface area contributed by atoms with E-state index < -0.39 is 5.82 Å². The molecule has 1 unspecified atom stereocenters.